The molecule has 0 amide bonds. The number of carbonyl (C=O) groups excluding carboxylic acids is 1. The zero-order chi connectivity index (χ0) is 13.8. The maximum atomic E-state index is 11.5. The average molecular weight is 278 g/mol. The van der Waals surface area contributed by atoms with Crippen molar-refractivity contribution in [3.8, 4) is 0 Å². The molecule has 0 spiro atoms. The van der Waals surface area contributed by atoms with Gasteiger partial charge in [0.05, 0.1) is 7.11 Å². The third kappa shape index (κ3) is 2.74. The predicted molar refractivity (Wildman–Crippen MR) is 73.2 cm³/mol. The first-order chi connectivity index (χ1) is 9.17. The molecule has 1 heterocycles. The minimum atomic E-state index is -0.539. The van der Waals surface area contributed by atoms with E-state index in [1.54, 1.807) is 7.11 Å². The van der Waals surface area contributed by atoms with Gasteiger partial charge in [-0.05, 0) is 5.56 Å². The number of esters is 1. The van der Waals surface area contributed by atoms with Crippen molar-refractivity contribution in [2.75, 3.05) is 20.0 Å². The Labute approximate surface area is 115 Å². The molecule has 0 aliphatic rings. The standard InChI is InChI=1S/C13H14N2O3S/c1-17-10(8-6-4-3-5-7-8)12-15-9(11(14)19-12)13(16)18-2/h3-7,10H,14H2,1-2H3. The molecule has 0 aliphatic carbocycles. The molecule has 2 rings (SSSR count). The van der Waals surface area contributed by atoms with Crippen LogP contribution < -0.4 is 5.73 Å². The number of ether oxygens (including phenoxy) is 2. The Hall–Kier alpha value is -1.92. The number of methoxy groups -OCH3 is 2. The third-order valence-corrected chi connectivity index (χ3v) is 3.54. The van der Waals surface area contributed by atoms with Gasteiger partial charge in [-0.3, -0.25) is 0 Å². The Morgan fingerprint density at radius 1 is 1.32 bits per heavy atom. The molecule has 5 nitrogen and oxygen atoms in total. The third-order valence-electron chi connectivity index (χ3n) is 2.61. The second-order valence-electron chi connectivity index (χ2n) is 3.78. The predicted octanol–water partition coefficient (Wildman–Crippen LogP) is 2.25. The fourth-order valence-corrected chi connectivity index (χ4v) is 2.64. The highest BCUT2D eigenvalue weighted by molar-refractivity contribution is 7.16. The molecule has 100 valence electrons. The molecule has 2 N–H and O–H groups in total. The van der Waals surface area contributed by atoms with Crippen molar-refractivity contribution < 1.29 is 14.3 Å². The number of hydrogen-bond donors (Lipinski definition) is 1. The smallest absolute Gasteiger partial charge is 0.359 e. The fourth-order valence-electron chi connectivity index (χ4n) is 1.71. The Kier molecular flexibility index (Phi) is 4.13. The summed E-state index contributed by atoms with van der Waals surface area (Å²) in [5.41, 5.74) is 6.88. The van der Waals surface area contributed by atoms with Gasteiger partial charge in [0, 0.05) is 7.11 Å². The van der Waals surface area contributed by atoms with Crippen LogP contribution in [0.15, 0.2) is 30.3 Å². The largest absolute Gasteiger partial charge is 0.464 e. The molecule has 0 saturated carbocycles. The van der Waals surface area contributed by atoms with Gasteiger partial charge >= 0.3 is 5.97 Å². The van der Waals surface area contributed by atoms with Crippen LogP contribution >= 0.6 is 11.3 Å². The van der Waals surface area contributed by atoms with Gasteiger partial charge in [0.15, 0.2) is 5.69 Å². The first-order valence-electron chi connectivity index (χ1n) is 5.59. The van der Waals surface area contributed by atoms with Crippen molar-refractivity contribution in [1.29, 1.82) is 0 Å². The molecule has 1 atom stereocenters. The Morgan fingerprint density at radius 3 is 2.58 bits per heavy atom. The number of nitrogens with zero attached hydrogens (tertiary/aromatic N) is 1. The minimum Gasteiger partial charge on any atom is -0.464 e. The lowest BCUT2D eigenvalue weighted by Crippen LogP contribution is -2.07. The summed E-state index contributed by atoms with van der Waals surface area (Å²) < 4.78 is 10.1. The molecule has 19 heavy (non-hydrogen) atoms. The van der Waals surface area contributed by atoms with Gasteiger partial charge in [-0.25, -0.2) is 9.78 Å². The van der Waals surface area contributed by atoms with Crippen molar-refractivity contribution in [1.82, 2.24) is 4.98 Å². The number of benzene rings is 1. The van der Waals surface area contributed by atoms with E-state index in [1.807, 2.05) is 30.3 Å². The zero-order valence-electron chi connectivity index (χ0n) is 10.6. The van der Waals surface area contributed by atoms with Crippen LogP contribution in [0.2, 0.25) is 0 Å². The number of aromatic nitrogens is 1. The highest BCUT2D eigenvalue weighted by Gasteiger charge is 2.23. The van der Waals surface area contributed by atoms with Crippen molar-refractivity contribution in [3.63, 3.8) is 0 Å². The molecule has 0 bridgehead atoms. The zero-order valence-corrected chi connectivity index (χ0v) is 11.4. The van der Waals surface area contributed by atoms with E-state index in [9.17, 15) is 4.79 Å². The molecule has 0 aliphatic heterocycles. The van der Waals surface area contributed by atoms with Gasteiger partial charge in [-0.15, -0.1) is 0 Å². The van der Waals surface area contributed by atoms with E-state index < -0.39 is 5.97 Å². The number of thiazole rings is 1. The lowest BCUT2D eigenvalue weighted by atomic mass is 10.1. The highest BCUT2D eigenvalue weighted by Crippen LogP contribution is 2.32. The van der Waals surface area contributed by atoms with Crippen molar-refractivity contribution in [3.05, 3.63) is 46.6 Å². The van der Waals surface area contributed by atoms with Gasteiger partial charge in [0.2, 0.25) is 0 Å². The normalized spacial score (nSPS) is 12.1. The number of hydrogen-bond acceptors (Lipinski definition) is 6. The molecular weight excluding hydrogens is 264 g/mol. The summed E-state index contributed by atoms with van der Waals surface area (Å²) in [6.45, 7) is 0. The summed E-state index contributed by atoms with van der Waals surface area (Å²) in [6, 6.07) is 9.62. The van der Waals surface area contributed by atoms with Crippen LogP contribution in [-0.2, 0) is 9.47 Å². The number of nitrogen functional groups attached to an aromatic ring is 1. The first kappa shape index (κ1) is 13.5. The van der Waals surface area contributed by atoms with E-state index in [0.717, 1.165) is 5.56 Å². The van der Waals surface area contributed by atoms with Crippen molar-refractivity contribution >= 4 is 22.3 Å². The lowest BCUT2D eigenvalue weighted by Gasteiger charge is -2.12. The Bertz CT molecular complexity index is 569. The molecule has 0 saturated heterocycles. The molecule has 2 aromatic rings. The maximum absolute atomic E-state index is 11.5. The average Bonchev–Trinajstić information content (AvgIpc) is 2.82. The summed E-state index contributed by atoms with van der Waals surface area (Å²) >= 11 is 1.23. The van der Waals surface area contributed by atoms with Gasteiger partial charge in [0.1, 0.15) is 16.1 Å². The van der Waals surface area contributed by atoms with Crippen LogP contribution in [0.1, 0.15) is 27.2 Å². The number of carbonyl (C=O) groups is 1. The topological polar surface area (TPSA) is 74.4 Å². The van der Waals surface area contributed by atoms with E-state index in [4.69, 9.17) is 10.5 Å². The summed E-state index contributed by atoms with van der Waals surface area (Å²) in [4.78, 5) is 15.7. The van der Waals surface area contributed by atoms with Gasteiger partial charge in [-0.1, -0.05) is 41.7 Å². The fraction of sp³-hybridized carbons (Fsp3) is 0.231. The molecule has 6 heteroatoms. The first-order valence-corrected chi connectivity index (χ1v) is 6.41. The van der Waals surface area contributed by atoms with Crippen LogP contribution in [0, 0.1) is 0 Å². The Balaban J connectivity index is 2.37. The summed E-state index contributed by atoms with van der Waals surface area (Å²) in [7, 11) is 2.89. The molecular formula is C13H14N2O3S. The quantitative estimate of drug-likeness (QED) is 0.868. The number of rotatable bonds is 4. The number of anilines is 1. The molecule has 1 aromatic carbocycles. The minimum absolute atomic E-state index is 0.139. The summed E-state index contributed by atoms with van der Waals surface area (Å²) in [6.07, 6.45) is -0.341. The van der Waals surface area contributed by atoms with E-state index in [1.165, 1.54) is 18.4 Å². The number of nitrogens with two attached hydrogens (primary N) is 1. The SMILES string of the molecule is COC(=O)c1nc(C(OC)c2ccccc2)sc1N. The Morgan fingerprint density at radius 2 is 2.00 bits per heavy atom. The summed E-state index contributed by atoms with van der Waals surface area (Å²) in [5, 5.41) is 0.964. The van der Waals surface area contributed by atoms with Crippen molar-refractivity contribution in [2.45, 2.75) is 6.10 Å². The van der Waals surface area contributed by atoms with Crippen LogP contribution in [-0.4, -0.2) is 25.2 Å². The van der Waals surface area contributed by atoms with Gasteiger partial charge < -0.3 is 15.2 Å². The molecule has 0 fully saturated rings. The second kappa shape index (κ2) is 5.81. The molecule has 1 aromatic heterocycles. The van der Waals surface area contributed by atoms with E-state index in [0.29, 0.717) is 10.0 Å². The second-order valence-corrected chi connectivity index (χ2v) is 4.85. The van der Waals surface area contributed by atoms with Crippen LogP contribution in [0.4, 0.5) is 5.00 Å². The summed E-state index contributed by atoms with van der Waals surface area (Å²) in [5.74, 6) is -0.539. The van der Waals surface area contributed by atoms with Gasteiger partial charge in [0.25, 0.3) is 0 Å². The van der Waals surface area contributed by atoms with Crippen molar-refractivity contribution in [2.24, 2.45) is 0 Å². The lowest BCUT2D eigenvalue weighted by molar-refractivity contribution is 0.0595. The van der Waals surface area contributed by atoms with Crippen LogP contribution in [0.5, 0.6) is 0 Å². The van der Waals surface area contributed by atoms with Crippen LogP contribution in [0.25, 0.3) is 0 Å². The molecule has 0 radical (unpaired) electrons. The van der Waals surface area contributed by atoms with E-state index >= 15 is 0 Å². The monoisotopic (exact) mass is 278 g/mol. The van der Waals surface area contributed by atoms with E-state index in [2.05, 4.69) is 9.72 Å². The van der Waals surface area contributed by atoms with Crippen LogP contribution in [0.3, 0.4) is 0 Å². The van der Waals surface area contributed by atoms with E-state index in [-0.39, 0.29) is 11.8 Å². The van der Waals surface area contributed by atoms with Gasteiger partial charge in [-0.2, -0.15) is 0 Å². The molecule has 1 unspecified atom stereocenters. The highest BCUT2D eigenvalue weighted by atomic mass is 32.1. The maximum Gasteiger partial charge on any atom is 0.359 e.